The lowest BCUT2D eigenvalue weighted by Gasteiger charge is -2.04. The summed E-state index contributed by atoms with van der Waals surface area (Å²) in [6.07, 6.45) is 1.75. The van der Waals surface area contributed by atoms with E-state index in [1.165, 1.54) is 12.1 Å². The quantitative estimate of drug-likeness (QED) is 0.906. The lowest BCUT2D eigenvalue weighted by Crippen LogP contribution is -1.97. The van der Waals surface area contributed by atoms with E-state index in [0.29, 0.717) is 16.7 Å². The van der Waals surface area contributed by atoms with Gasteiger partial charge in [-0.3, -0.25) is 4.79 Å². The molecule has 0 unspecified atom stereocenters. The molecule has 0 heterocycles. The van der Waals surface area contributed by atoms with Crippen LogP contribution in [0, 0.1) is 17.1 Å². The Bertz CT molecular complexity index is 948. The van der Waals surface area contributed by atoms with Crippen molar-refractivity contribution in [1.82, 2.24) is 0 Å². The monoisotopic (exact) mass is 319 g/mol. The van der Waals surface area contributed by atoms with Gasteiger partial charge in [-0.2, -0.15) is 5.26 Å². The van der Waals surface area contributed by atoms with Crippen molar-refractivity contribution in [2.45, 2.75) is 13.3 Å². The van der Waals surface area contributed by atoms with Crippen molar-refractivity contribution < 1.29 is 14.3 Å². The number of benzene rings is 2. The van der Waals surface area contributed by atoms with Crippen LogP contribution in [-0.4, -0.2) is 11.1 Å². The molecule has 2 aromatic carbocycles. The van der Waals surface area contributed by atoms with E-state index in [-0.39, 0.29) is 6.42 Å². The largest absolute Gasteiger partial charge is 0.481 e. The highest BCUT2D eigenvalue weighted by Crippen LogP contribution is 2.43. The van der Waals surface area contributed by atoms with E-state index in [0.717, 1.165) is 22.3 Å². The fourth-order valence-electron chi connectivity index (χ4n) is 3.00. The summed E-state index contributed by atoms with van der Waals surface area (Å²) in [5, 5.41) is 18.2. The molecule has 0 spiro atoms. The molecule has 3 rings (SSSR count). The van der Waals surface area contributed by atoms with Crippen LogP contribution < -0.4 is 0 Å². The number of carbonyl (C=O) groups is 1. The second-order valence-corrected chi connectivity index (χ2v) is 5.66. The number of hydrogen-bond donors (Lipinski definition) is 1. The number of carboxylic acids is 1. The van der Waals surface area contributed by atoms with Gasteiger partial charge >= 0.3 is 5.97 Å². The molecule has 1 N–H and O–H groups in total. The highest BCUT2D eigenvalue weighted by atomic mass is 19.1. The Morgan fingerprint density at radius 3 is 2.75 bits per heavy atom. The molecule has 3 nitrogen and oxygen atoms in total. The summed E-state index contributed by atoms with van der Waals surface area (Å²) < 4.78 is 13.6. The lowest BCUT2D eigenvalue weighted by molar-refractivity contribution is -0.135. The molecule has 1 aliphatic rings. The Kier molecular flexibility index (Phi) is 4.01. The number of rotatable bonds is 3. The molecule has 0 saturated carbocycles. The molecule has 1 aliphatic carbocycles. The van der Waals surface area contributed by atoms with Gasteiger partial charge in [0, 0.05) is 0 Å². The predicted molar refractivity (Wildman–Crippen MR) is 90.3 cm³/mol. The van der Waals surface area contributed by atoms with Crippen LogP contribution >= 0.6 is 0 Å². The van der Waals surface area contributed by atoms with Crippen LogP contribution in [0.3, 0.4) is 0 Å². The Balaban J connectivity index is 2.17. The molecule has 0 saturated heterocycles. The van der Waals surface area contributed by atoms with Crippen LogP contribution in [0.1, 0.15) is 35.6 Å². The topological polar surface area (TPSA) is 61.1 Å². The molecule has 24 heavy (non-hydrogen) atoms. The number of carboxylic acid groups (broad SMARTS) is 1. The van der Waals surface area contributed by atoms with Crippen molar-refractivity contribution >= 4 is 23.2 Å². The van der Waals surface area contributed by atoms with Crippen LogP contribution in [0.15, 0.2) is 48.0 Å². The van der Waals surface area contributed by atoms with E-state index in [9.17, 15) is 9.18 Å². The maximum atomic E-state index is 13.6. The summed E-state index contributed by atoms with van der Waals surface area (Å²) in [6.45, 7) is 1.84. The summed E-state index contributed by atoms with van der Waals surface area (Å²) in [5.41, 5.74) is 5.13. The van der Waals surface area contributed by atoms with Crippen molar-refractivity contribution in [3.8, 4) is 6.07 Å². The molecular weight excluding hydrogens is 305 g/mol. The minimum Gasteiger partial charge on any atom is -0.481 e. The third-order valence-electron chi connectivity index (χ3n) is 4.11. The second kappa shape index (κ2) is 6.13. The highest BCUT2D eigenvalue weighted by Gasteiger charge is 2.25. The minimum absolute atomic E-state index is 0.155. The van der Waals surface area contributed by atoms with E-state index >= 15 is 0 Å². The van der Waals surface area contributed by atoms with Gasteiger partial charge in [-0.25, -0.2) is 4.39 Å². The van der Waals surface area contributed by atoms with E-state index in [4.69, 9.17) is 10.4 Å². The van der Waals surface area contributed by atoms with Gasteiger partial charge in [0.05, 0.1) is 18.1 Å². The van der Waals surface area contributed by atoms with Gasteiger partial charge in [0.2, 0.25) is 0 Å². The summed E-state index contributed by atoms with van der Waals surface area (Å²) >= 11 is 0. The molecule has 0 aromatic heterocycles. The van der Waals surface area contributed by atoms with Crippen molar-refractivity contribution in [2.24, 2.45) is 0 Å². The van der Waals surface area contributed by atoms with E-state index in [1.54, 1.807) is 24.3 Å². The van der Waals surface area contributed by atoms with E-state index in [2.05, 4.69) is 6.07 Å². The van der Waals surface area contributed by atoms with Gasteiger partial charge in [-0.1, -0.05) is 18.2 Å². The SMILES string of the molecule is CC1=C(CC(=O)O)c2cc(F)ccc2/C1=C\c1cccc(C#N)c1. The van der Waals surface area contributed by atoms with Gasteiger partial charge in [-0.05, 0) is 70.7 Å². The standard InChI is InChI=1S/C20H14FNO2/c1-12-17(8-13-3-2-4-14(7-13)11-22)16-6-5-15(21)9-19(16)18(12)10-20(23)24/h2-9H,10H2,1H3,(H,23,24)/b17-8-. The molecular formula is C20H14FNO2. The number of halogens is 1. The van der Waals surface area contributed by atoms with Gasteiger partial charge in [-0.15, -0.1) is 0 Å². The van der Waals surface area contributed by atoms with Gasteiger partial charge < -0.3 is 5.11 Å². The Hall–Kier alpha value is -3.19. The lowest BCUT2D eigenvalue weighted by atomic mass is 10.00. The van der Waals surface area contributed by atoms with Crippen LogP contribution in [0.5, 0.6) is 0 Å². The maximum Gasteiger partial charge on any atom is 0.307 e. The van der Waals surface area contributed by atoms with Crippen molar-refractivity contribution in [3.05, 3.63) is 76.1 Å². The zero-order chi connectivity index (χ0) is 17.3. The van der Waals surface area contributed by atoms with E-state index in [1.807, 2.05) is 19.1 Å². The molecule has 0 fully saturated rings. The molecule has 2 aromatic rings. The molecule has 118 valence electrons. The highest BCUT2D eigenvalue weighted by molar-refractivity contribution is 6.07. The Labute approximate surface area is 139 Å². The van der Waals surface area contributed by atoms with E-state index < -0.39 is 11.8 Å². The van der Waals surface area contributed by atoms with Crippen molar-refractivity contribution in [3.63, 3.8) is 0 Å². The fourth-order valence-corrected chi connectivity index (χ4v) is 3.00. The molecule has 4 heteroatoms. The number of aliphatic carboxylic acids is 1. The molecule has 0 amide bonds. The number of nitrogens with zero attached hydrogens (tertiary/aromatic N) is 1. The average Bonchev–Trinajstić information content (AvgIpc) is 2.80. The van der Waals surface area contributed by atoms with Crippen molar-refractivity contribution in [2.75, 3.05) is 0 Å². The molecule has 0 radical (unpaired) electrons. The van der Waals surface area contributed by atoms with Gasteiger partial charge in [0.25, 0.3) is 0 Å². The third-order valence-corrected chi connectivity index (χ3v) is 4.11. The first-order valence-corrected chi connectivity index (χ1v) is 7.43. The number of hydrogen-bond acceptors (Lipinski definition) is 2. The van der Waals surface area contributed by atoms with Crippen LogP contribution in [0.25, 0.3) is 17.2 Å². The fraction of sp³-hybridized carbons (Fsp3) is 0.100. The number of nitriles is 1. The first kappa shape index (κ1) is 15.7. The first-order chi connectivity index (χ1) is 11.5. The van der Waals surface area contributed by atoms with Gasteiger partial charge in [0.1, 0.15) is 5.82 Å². The summed E-state index contributed by atoms with van der Waals surface area (Å²) in [5.74, 6) is -1.34. The van der Waals surface area contributed by atoms with Crippen molar-refractivity contribution in [1.29, 1.82) is 5.26 Å². The third kappa shape index (κ3) is 2.84. The summed E-state index contributed by atoms with van der Waals surface area (Å²) in [7, 11) is 0. The molecule has 0 aliphatic heterocycles. The normalized spacial score (nSPS) is 14.6. The zero-order valence-corrected chi connectivity index (χ0v) is 13.0. The average molecular weight is 319 g/mol. The minimum atomic E-state index is -0.952. The first-order valence-electron chi connectivity index (χ1n) is 7.43. The Morgan fingerprint density at radius 1 is 1.25 bits per heavy atom. The zero-order valence-electron chi connectivity index (χ0n) is 13.0. The summed E-state index contributed by atoms with van der Waals surface area (Å²) in [4.78, 5) is 11.2. The maximum absolute atomic E-state index is 13.6. The summed E-state index contributed by atoms with van der Waals surface area (Å²) in [6, 6.07) is 13.7. The molecule has 0 bridgehead atoms. The number of fused-ring (bicyclic) bond motifs is 1. The van der Waals surface area contributed by atoms with Gasteiger partial charge in [0.15, 0.2) is 0 Å². The van der Waals surface area contributed by atoms with Crippen LogP contribution in [0.4, 0.5) is 4.39 Å². The Morgan fingerprint density at radius 2 is 2.04 bits per heavy atom. The van der Waals surface area contributed by atoms with Crippen LogP contribution in [0.2, 0.25) is 0 Å². The molecule has 0 atom stereocenters. The second-order valence-electron chi connectivity index (χ2n) is 5.66. The predicted octanol–water partition coefficient (Wildman–Crippen LogP) is 4.50. The smallest absolute Gasteiger partial charge is 0.307 e. The number of allylic oxidation sites excluding steroid dienone is 2. The van der Waals surface area contributed by atoms with Crippen LogP contribution in [-0.2, 0) is 4.79 Å².